The number of rotatable bonds is 4. The second kappa shape index (κ2) is 8.90. The first kappa shape index (κ1) is 21.5. The first-order valence-electron chi connectivity index (χ1n) is 11.8. The number of aromatic nitrogens is 3. The van der Waals surface area contributed by atoms with Crippen LogP contribution in [-0.2, 0) is 11.2 Å². The molecule has 0 unspecified atom stereocenters. The van der Waals surface area contributed by atoms with E-state index in [4.69, 9.17) is 10.1 Å². The van der Waals surface area contributed by atoms with Crippen LogP contribution in [0.1, 0.15) is 43.8 Å². The van der Waals surface area contributed by atoms with Gasteiger partial charge in [0.1, 0.15) is 0 Å². The van der Waals surface area contributed by atoms with Gasteiger partial charge in [0.2, 0.25) is 0 Å². The van der Waals surface area contributed by atoms with E-state index >= 15 is 0 Å². The molecule has 0 saturated carbocycles. The fourth-order valence-corrected chi connectivity index (χ4v) is 4.76. The van der Waals surface area contributed by atoms with Crippen LogP contribution in [0.4, 0.5) is 0 Å². The summed E-state index contributed by atoms with van der Waals surface area (Å²) in [6.07, 6.45) is 16.1. The van der Waals surface area contributed by atoms with E-state index in [-0.39, 0.29) is 5.91 Å². The van der Waals surface area contributed by atoms with Crippen molar-refractivity contribution in [1.82, 2.24) is 24.4 Å². The Kier molecular flexibility index (Phi) is 5.81. The summed E-state index contributed by atoms with van der Waals surface area (Å²) in [4.78, 5) is 26.8. The number of nitrogens with zero attached hydrogens (tertiary/aromatic N) is 6. The molecule has 0 bridgehead atoms. The van der Waals surface area contributed by atoms with Crippen LogP contribution in [0.15, 0.2) is 59.2 Å². The number of fused-ring (bicyclic) bond motifs is 2. The van der Waals surface area contributed by atoms with Crippen LogP contribution in [0.3, 0.4) is 0 Å². The van der Waals surface area contributed by atoms with Gasteiger partial charge in [0.25, 0.3) is 5.91 Å². The normalized spacial score (nSPS) is 23.9. The van der Waals surface area contributed by atoms with Crippen LogP contribution in [0, 0.1) is 12.8 Å². The number of likely N-dealkylation sites (tertiary alicyclic amines) is 1. The third-order valence-corrected chi connectivity index (χ3v) is 6.68. The Hall–Kier alpha value is -3.32. The summed E-state index contributed by atoms with van der Waals surface area (Å²) < 4.78 is 1.86. The van der Waals surface area contributed by atoms with Gasteiger partial charge < -0.3 is 4.90 Å². The van der Waals surface area contributed by atoms with Gasteiger partial charge in [-0.3, -0.25) is 19.7 Å². The lowest BCUT2D eigenvalue weighted by atomic mass is 9.93. The van der Waals surface area contributed by atoms with Gasteiger partial charge in [-0.05, 0) is 58.0 Å². The van der Waals surface area contributed by atoms with Crippen molar-refractivity contribution < 1.29 is 4.79 Å². The molecule has 2 aromatic rings. The molecule has 7 heteroatoms. The first-order valence-corrected chi connectivity index (χ1v) is 11.8. The average Bonchev–Trinajstić information content (AvgIpc) is 3.25. The minimum atomic E-state index is -0.0858. The molecule has 2 aromatic heterocycles. The molecular formula is C26H30N6O. The third-order valence-electron chi connectivity index (χ3n) is 6.68. The molecule has 1 saturated heterocycles. The first-order chi connectivity index (χ1) is 16.1. The van der Waals surface area contributed by atoms with Gasteiger partial charge >= 0.3 is 0 Å². The minimum Gasteiger partial charge on any atom is -0.304 e. The number of hydrogen-bond acceptors (Lipinski definition) is 5. The van der Waals surface area contributed by atoms with Crippen molar-refractivity contribution in [3.8, 4) is 0 Å². The number of amides is 1. The summed E-state index contributed by atoms with van der Waals surface area (Å²) in [5.74, 6) is 0.307. The smallest absolute Gasteiger partial charge is 0.255 e. The number of carbonyl (C=O) groups is 1. The summed E-state index contributed by atoms with van der Waals surface area (Å²) in [5.41, 5.74) is 6.24. The number of carbonyl (C=O) groups excluding carboxylic acids is 1. The Labute approximate surface area is 194 Å². The summed E-state index contributed by atoms with van der Waals surface area (Å²) in [6, 6.07) is 2.02. The molecule has 170 valence electrons. The van der Waals surface area contributed by atoms with Crippen molar-refractivity contribution in [2.24, 2.45) is 10.9 Å². The van der Waals surface area contributed by atoms with E-state index in [0.717, 1.165) is 78.5 Å². The van der Waals surface area contributed by atoms with E-state index in [1.54, 1.807) is 11.0 Å². The highest BCUT2D eigenvalue weighted by Crippen LogP contribution is 2.30. The molecule has 1 fully saturated rings. The second-order valence-corrected chi connectivity index (χ2v) is 8.82. The van der Waals surface area contributed by atoms with Crippen molar-refractivity contribution in [2.75, 3.05) is 19.6 Å². The molecule has 3 aliphatic heterocycles. The molecule has 0 spiro atoms. The molecule has 0 radical (unpaired) electrons. The van der Waals surface area contributed by atoms with Gasteiger partial charge in [-0.1, -0.05) is 26.0 Å². The Balaban J connectivity index is 1.45. The molecule has 33 heavy (non-hydrogen) atoms. The summed E-state index contributed by atoms with van der Waals surface area (Å²) >= 11 is 0. The SMILES string of the molecule is CCc1nc(C)cn2nc(C3=C\C(=O)N4C=C(C5CCN(CC)CC5)N=C\C4=C/C=C/3)cc12. The largest absolute Gasteiger partial charge is 0.304 e. The van der Waals surface area contributed by atoms with E-state index in [9.17, 15) is 4.79 Å². The Morgan fingerprint density at radius 2 is 2.00 bits per heavy atom. The maximum Gasteiger partial charge on any atom is 0.255 e. The predicted molar refractivity (Wildman–Crippen MR) is 131 cm³/mol. The number of piperidine rings is 1. The fourth-order valence-electron chi connectivity index (χ4n) is 4.76. The lowest BCUT2D eigenvalue weighted by Gasteiger charge is -2.33. The van der Waals surface area contributed by atoms with Crippen molar-refractivity contribution in [2.45, 2.75) is 40.0 Å². The molecule has 0 N–H and O–H groups in total. The average molecular weight is 443 g/mol. The van der Waals surface area contributed by atoms with E-state index in [0.29, 0.717) is 5.92 Å². The van der Waals surface area contributed by atoms with Crippen molar-refractivity contribution >= 4 is 23.2 Å². The molecular weight excluding hydrogens is 412 g/mol. The number of hydrogen-bond donors (Lipinski definition) is 0. The maximum atomic E-state index is 13.3. The molecule has 5 rings (SSSR count). The van der Waals surface area contributed by atoms with Crippen LogP contribution in [-0.4, -0.2) is 56.2 Å². The zero-order valence-electron chi connectivity index (χ0n) is 19.5. The van der Waals surface area contributed by atoms with Crippen molar-refractivity contribution in [1.29, 1.82) is 0 Å². The fraction of sp³-hybridized carbons (Fsp3) is 0.385. The molecule has 3 aliphatic rings. The molecule has 7 nitrogen and oxygen atoms in total. The third kappa shape index (κ3) is 4.20. The van der Waals surface area contributed by atoms with E-state index in [1.807, 2.05) is 54.3 Å². The minimum absolute atomic E-state index is 0.0858. The lowest BCUT2D eigenvalue weighted by Crippen LogP contribution is -2.35. The number of allylic oxidation sites excluding steroid dienone is 6. The van der Waals surface area contributed by atoms with Crippen molar-refractivity contribution in [3.05, 3.63) is 71.2 Å². The van der Waals surface area contributed by atoms with Crippen LogP contribution in [0.2, 0.25) is 0 Å². The van der Waals surface area contributed by atoms with E-state index in [2.05, 4.69) is 23.7 Å². The predicted octanol–water partition coefficient (Wildman–Crippen LogP) is 3.92. The topological polar surface area (TPSA) is 66.1 Å². The summed E-state index contributed by atoms with van der Waals surface area (Å²) in [6.45, 7) is 9.52. The van der Waals surface area contributed by atoms with Gasteiger partial charge in [-0.25, -0.2) is 4.52 Å². The van der Waals surface area contributed by atoms with Gasteiger partial charge in [0.15, 0.2) is 0 Å². The van der Waals surface area contributed by atoms with E-state index in [1.165, 1.54) is 0 Å². The maximum absolute atomic E-state index is 13.3. The lowest BCUT2D eigenvalue weighted by molar-refractivity contribution is -0.121. The van der Waals surface area contributed by atoms with Gasteiger partial charge in [0.05, 0.1) is 46.4 Å². The molecule has 1 amide bonds. The quantitative estimate of drug-likeness (QED) is 0.720. The number of aliphatic imine (C=N–C) groups is 1. The van der Waals surface area contributed by atoms with Gasteiger partial charge in [-0.2, -0.15) is 5.10 Å². The molecule has 0 aromatic carbocycles. The highest BCUT2D eigenvalue weighted by molar-refractivity contribution is 6.02. The number of aryl methyl sites for hydroxylation is 2. The monoisotopic (exact) mass is 442 g/mol. The standard InChI is InChI=1S/C26H30N6O/c1-4-22-25-14-23(29-32(25)16-18(3)28-22)20-7-6-8-21-15-27-24(17-31(21)26(33)13-20)19-9-11-30(5-2)12-10-19/h6-8,13-17,19H,4-5,9-12H2,1-3H3/b7-6+,20-13+,21-8+. The summed E-state index contributed by atoms with van der Waals surface area (Å²) in [7, 11) is 0. The van der Waals surface area contributed by atoms with Crippen LogP contribution in [0.5, 0.6) is 0 Å². The zero-order valence-corrected chi connectivity index (χ0v) is 19.5. The Morgan fingerprint density at radius 1 is 1.18 bits per heavy atom. The van der Waals surface area contributed by atoms with Gasteiger partial charge in [-0.15, -0.1) is 0 Å². The molecule has 0 atom stereocenters. The Bertz CT molecular complexity index is 1240. The van der Waals surface area contributed by atoms with E-state index < -0.39 is 0 Å². The van der Waals surface area contributed by atoms with Gasteiger partial charge in [0, 0.05) is 23.8 Å². The van der Waals surface area contributed by atoms with Crippen LogP contribution >= 0.6 is 0 Å². The molecule has 5 heterocycles. The van der Waals surface area contributed by atoms with Crippen LogP contribution in [0.25, 0.3) is 11.1 Å². The zero-order chi connectivity index (χ0) is 22.9. The van der Waals surface area contributed by atoms with Crippen LogP contribution < -0.4 is 0 Å². The highest BCUT2D eigenvalue weighted by Gasteiger charge is 2.26. The second-order valence-electron chi connectivity index (χ2n) is 8.82. The molecule has 0 aliphatic carbocycles. The Morgan fingerprint density at radius 3 is 2.76 bits per heavy atom. The highest BCUT2D eigenvalue weighted by atomic mass is 16.2. The summed E-state index contributed by atoms with van der Waals surface area (Å²) in [5, 5.41) is 4.74. The van der Waals surface area contributed by atoms with Crippen molar-refractivity contribution in [3.63, 3.8) is 0 Å².